The van der Waals surface area contributed by atoms with Crippen LogP contribution in [0.15, 0.2) is 23.8 Å². The third-order valence-corrected chi connectivity index (χ3v) is 2.73. The van der Waals surface area contributed by atoms with Crippen LogP contribution in [-0.4, -0.2) is 11.1 Å². The van der Waals surface area contributed by atoms with Crippen LogP contribution in [0.3, 0.4) is 0 Å². The van der Waals surface area contributed by atoms with Gasteiger partial charge in [0.25, 0.3) is 0 Å². The van der Waals surface area contributed by atoms with Crippen molar-refractivity contribution in [3.63, 3.8) is 0 Å². The normalized spacial score (nSPS) is 19.0. The summed E-state index contributed by atoms with van der Waals surface area (Å²) >= 11 is 0. The lowest BCUT2D eigenvalue weighted by Crippen LogP contribution is -2.04. The van der Waals surface area contributed by atoms with E-state index in [-0.39, 0.29) is 5.92 Å². The number of rotatable bonds is 1. The minimum atomic E-state index is -0.814. The average Bonchev–Trinajstić information content (AvgIpc) is 2.44. The Morgan fingerprint density at radius 2 is 2.14 bits per heavy atom. The van der Waals surface area contributed by atoms with Crippen molar-refractivity contribution in [3.05, 3.63) is 40.5 Å². The van der Waals surface area contributed by atoms with Gasteiger partial charge in [-0.25, -0.2) is 4.79 Å². The van der Waals surface area contributed by atoms with E-state index in [9.17, 15) is 4.79 Å². The third-order valence-electron chi connectivity index (χ3n) is 2.73. The van der Waals surface area contributed by atoms with Crippen molar-refractivity contribution in [2.75, 3.05) is 0 Å². The Morgan fingerprint density at radius 1 is 1.43 bits per heavy atom. The summed E-state index contributed by atoms with van der Waals surface area (Å²) < 4.78 is 0. The number of aryl methyl sites for hydroxylation is 1. The van der Waals surface area contributed by atoms with Crippen LogP contribution < -0.4 is 0 Å². The number of aliphatic carboxylic acids is 1. The first-order valence-corrected chi connectivity index (χ1v) is 4.65. The maximum atomic E-state index is 10.9. The van der Waals surface area contributed by atoms with Gasteiger partial charge in [0, 0.05) is 11.5 Å². The van der Waals surface area contributed by atoms with E-state index < -0.39 is 5.97 Å². The lowest BCUT2D eigenvalue weighted by molar-refractivity contribution is -0.132. The lowest BCUT2D eigenvalue weighted by Gasteiger charge is -2.07. The molecule has 0 radical (unpaired) electrons. The Hall–Kier alpha value is -1.57. The van der Waals surface area contributed by atoms with Gasteiger partial charge in [0.1, 0.15) is 0 Å². The molecule has 0 aliphatic heterocycles. The van der Waals surface area contributed by atoms with Crippen molar-refractivity contribution in [1.29, 1.82) is 0 Å². The molecule has 2 heteroatoms. The van der Waals surface area contributed by atoms with Crippen molar-refractivity contribution in [1.82, 2.24) is 0 Å². The highest BCUT2D eigenvalue weighted by Crippen LogP contribution is 2.36. The average molecular weight is 188 g/mol. The molecule has 1 aliphatic carbocycles. The summed E-state index contributed by atoms with van der Waals surface area (Å²) in [6.07, 6.45) is 1.77. The summed E-state index contributed by atoms with van der Waals surface area (Å²) in [4.78, 5) is 10.9. The SMILES string of the molecule is Cc1ccc2c(c1)C(C)C(C(=O)O)=C2. The number of carbonyl (C=O) groups is 1. The van der Waals surface area contributed by atoms with E-state index >= 15 is 0 Å². The summed E-state index contributed by atoms with van der Waals surface area (Å²) in [5.41, 5.74) is 3.84. The van der Waals surface area contributed by atoms with Gasteiger partial charge in [-0.15, -0.1) is 0 Å². The van der Waals surface area contributed by atoms with E-state index in [1.807, 2.05) is 26.0 Å². The number of carboxylic acids is 1. The number of hydrogen-bond donors (Lipinski definition) is 1. The first-order valence-electron chi connectivity index (χ1n) is 4.65. The number of hydrogen-bond acceptors (Lipinski definition) is 1. The lowest BCUT2D eigenvalue weighted by atomic mass is 9.97. The molecule has 72 valence electrons. The van der Waals surface area contributed by atoms with Gasteiger partial charge in [0.05, 0.1) is 0 Å². The van der Waals surface area contributed by atoms with Crippen molar-refractivity contribution < 1.29 is 9.90 Å². The van der Waals surface area contributed by atoms with E-state index in [0.29, 0.717) is 5.57 Å². The molecule has 14 heavy (non-hydrogen) atoms. The zero-order chi connectivity index (χ0) is 10.3. The van der Waals surface area contributed by atoms with Gasteiger partial charge < -0.3 is 5.11 Å². The Bertz CT molecular complexity index is 430. The molecule has 1 unspecified atom stereocenters. The maximum Gasteiger partial charge on any atom is 0.332 e. The highest BCUT2D eigenvalue weighted by atomic mass is 16.4. The summed E-state index contributed by atoms with van der Waals surface area (Å²) in [6.45, 7) is 3.96. The predicted molar refractivity (Wildman–Crippen MR) is 55.2 cm³/mol. The van der Waals surface area contributed by atoms with Gasteiger partial charge in [0.2, 0.25) is 0 Å². The minimum absolute atomic E-state index is 0.0161. The van der Waals surface area contributed by atoms with Gasteiger partial charge in [-0.05, 0) is 24.1 Å². The first kappa shape index (κ1) is 9.00. The van der Waals surface area contributed by atoms with Crippen LogP contribution in [0.5, 0.6) is 0 Å². The van der Waals surface area contributed by atoms with Gasteiger partial charge in [-0.1, -0.05) is 30.7 Å². The number of carboxylic acid groups (broad SMARTS) is 1. The number of fused-ring (bicyclic) bond motifs is 1. The second-order valence-corrected chi connectivity index (χ2v) is 3.76. The minimum Gasteiger partial charge on any atom is -0.478 e. The molecule has 0 spiro atoms. The quantitative estimate of drug-likeness (QED) is 0.735. The Kier molecular flexibility index (Phi) is 1.92. The third kappa shape index (κ3) is 1.23. The molecule has 1 aliphatic rings. The highest BCUT2D eigenvalue weighted by Gasteiger charge is 2.25. The molecule has 1 aromatic rings. The largest absolute Gasteiger partial charge is 0.478 e. The molecule has 0 heterocycles. The maximum absolute atomic E-state index is 10.9. The topological polar surface area (TPSA) is 37.3 Å². The van der Waals surface area contributed by atoms with Crippen molar-refractivity contribution >= 4 is 12.0 Å². The van der Waals surface area contributed by atoms with Crippen LogP contribution in [0.25, 0.3) is 6.08 Å². The fourth-order valence-electron chi connectivity index (χ4n) is 1.91. The Balaban J connectivity index is 2.51. The van der Waals surface area contributed by atoms with Crippen LogP contribution in [0.1, 0.15) is 29.5 Å². The highest BCUT2D eigenvalue weighted by molar-refractivity contribution is 5.96. The second kappa shape index (κ2) is 2.98. The summed E-state index contributed by atoms with van der Waals surface area (Å²) in [6, 6.07) is 6.05. The van der Waals surface area contributed by atoms with E-state index in [4.69, 9.17) is 5.11 Å². The van der Waals surface area contributed by atoms with Gasteiger partial charge in [-0.3, -0.25) is 0 Å². The molecule has 0 amide bonds. The van der Waals surface area contributed by atoms with Crippen LogP contribution >= 0.6 is 0 Å². The van der Waals surface area contributed by atoms with Crippen LogP contribution in [0, 0.1) is 6.92 Å². The molecule has 0 saturated carbocycles. The summed E-state index contributed by atoms with van der Waals surface area (Å²) in [5, 5.41) is 8.96. The smallest absolute Gasteiger partial charge is 0.332 e. The van der Waals surface area contributed by atoms with E-state index in [2.05, 4.69) is 6.07 Å². The number of benzene rings is 1. The van der Waals surface area contributed by atoms with Crippen LogP contribution in [0.4, 0.5) is 0 Å². The fraction of sp³-hybridized carbons (Fsp3) is 0.250. The standard InChI is InChI=1S/C12H12O2/c1-7-3-4-9-6-11(12(13)14)8(2)10(9)5-7/h3-6,8H,1-2H3,(H,13,14). The fourth-order valence-corrected chi connectivity index (χ4v) is 1.91. The van der Waals surface area contributed by atoms with Gasteiger partial charge in [-0.2, -0.15) is 0 Å². The molecule has 1 atom stereocenters. The van der Waals surface area contributed by atoms with Crippen LogP contribution in [-0.2, 0) is 4.79 Å². The molecule has 0 bridgehead atoms. The van der Waals surface area contributed by atoms with Crippen molar-refractivity contribution in [2.45, 2.75) is 19.8 Å². The molecule has 0 saturated heterocycles. The Morgan fingerprint density at radius 3 is 2.79 bits per heavy atom. The molecule has 2 rings (SSSR count). The predicted octanol–water partition coefficient (Wildman–Crippen LogP) is 2.58. The molecule has 1 N–H and O–H groups in total. The zero-order valence-corrected chi connectivity index (χ0v) is 8.24. The Labute approximate surface area is 82.9 Å². The van der Waals surface area contributed by atoms with E-state index in [0.717, 1.165) is 11.1 Å². The molecule has 1 aromatic carbocycles. The van der Waals surface area contributed by atoms with Crippen molar-refractivity contribution in [3.8, 4) is 0 Å². The van der Waals surface area contributed by atoms with Crippen LogP contribution in [0.2, 0.25) is 0 Å². The van der Waals surface area contributed by atoms with Gasteiger partial charge in [0.15, 0.2) is 0 Å². The van der Waals surface area contributed by atoms with Gasteiger partial charge >= 0.3 is 5.97 Å². The molecule has 0 fully saturated rings. The molecule has 0 aromatic heterocycles. The summed E-state index contributed by atoms with van der Waals surface area (Å²) in [7, 11) is 0. The monoisotopic (exact) mass is 188 g/mol. The first-order chi connectivity index (χ1) is 6.59. The van der Waals surface area contributed by atoms with E-state index in [1.165, 1.54) is 5.56 Å². The molecular formula is C12H12O2. The zero-order valence-electron chi connectivity index (χ0n) is 8.24. The van der Waals surface area contributed by atoms with Crippen molar-refractivity contribution in [2.24, 2.45) is 0 Å². The summed E-state index contributed by atoms with van der Waals surface area (Å²) in [5.74, 6) is -0.797. The molecular weight excluding hydrogens is 176 g/mol. The second-order valence-electron chi connectivity index (χ2n) is 3.76. The van der Waals surface area contributed by atoms with E-state index in [1.54, 1.807) is 6.08 Å². The molecule has 2 nitrogen and oxygen atoms in total.